The van der Waals surface area contributed by atoms with E-state index in [-0.39, 0.29) is 49.0 Å². The summed E-state index contributed by atoms with van der Waals surface area (Å²) in [5, 5.41) is 8.79. The Kier molecular flexibility index (Phi) is 8.06. The van der Waals surface area contributed by atoms with Gasteiger partial charge in [0, 0.05) is 25.6 Å². The van der Waals surface area contributed by atoms with Crippen molar-refractivity contribution in [3.8, 4) is 17.6 Å². The number of hydrogen-bond donors (Lipinski definition) is 1. The molecule has 0 fully saturated rings. The number of furan rings is 1. The fourth-order valence-electron chi connectivity index (χ4n) is 2.59. The number of sulfonamides is 1. The maximum atomic E-state index is 12.5. The second kappa shape index (κ2) is 10.5. The summed E-state index contributed by atoms with van der Waals surface area (Å²) >= 11 is 0. The normalized spacial score (nSPS) is 10.9. The Morgan fingerprint density at radius 2 is 2.00 bits per heavy atom. The standard InChI is InChI=1S/C19H23N3O6S/c1-26-17-7-6-16(13-18(17)27-2)29(24,25)21-10-8-19(23)22(11-4-9-20)14-15-5-3-12-28-15/h3,5-7,12-13,21H,4,8,10-11,14H2,1-2H3. The number of rotatable bonds is 11. The van der Waals surface area contributed by atoms with Gasteiger partial charge < -0.3 is 18.8 Å². The number of hydrogen-bond acceptors (Lipinski definition) is 7. The lowest BCUT2D eigenvalue weighted by molar-refractivity contribution is -0.131. The van der Waals surface area contributed by atoms with Crippen molar-refractivity contribution in [1.82, 2.24) is 9.62 Å². The first-order valence-corrected chi connectivity index (χ1v) is 10.3. The average molecular weight is 421 g/mol. The molecular weight excluding hydrogens is 398 g/mol. The van der Waals surface area contributed by atoms with E-state index in [1.165, 1.54) is 43.6 Å². The Morgan fingerprint density at radius 1 is 1.24 bits per heavy atom. The van der Waals surface area contributed by atoms with Gasteiger partial charge in [0.25, 0.3) is 0 Å². The maximum Gasteiger partial charge on any atom is 0.240 e. The largest absolute Gasteiger partial charge is 0.493 e. The third kappa shape index (κ3) is 6.23. The SMILES string of the molecule is COc1ccc(S(=O)(=O)NCCC(=O)N(CCC#N)Cc2ccco2)cc1OC. The third-order valence-corrected chi connectivity index (χ3v) is 5.53. The number of methoxy groups -OCH3 is 2. The van der Waals surface area contributed by atoms with Crippen molar-refractivity contribution in [2.75, 3.05) is 27.3 Å². The fourth-order valence-corrected chi connectivity index (χ4v) is 3.63. The summed E-state index contributed by atoms with van der Waals surface area (Å²) in [6.45, 7) is 0.366. The minimum absolute atomic E-state index is 0.000443. The average Bonchev–Trinajstić information content (AvgIpc) is 3.23. The van der Waals surface area contributed by atoms with E-state index in [0.717, 1.165) is 0 Å². The van der Waals surface area contributed by atoms with Crippen LogP contribution in [0.1, 0.15) is 18.6 Å². The molecule has 0 aliphatic carbocycles. The molecule has 1 aromatic carbocycles. The molecule has 10 heteroatoms. The van der Waals surface area contributed by atoms with Crippen LogP contribution in [0.15, 0.2) is 45.9 Å². The zero-order valence-electron chi connectivity index (χ0n) is 16.3. The lowest BCUT2D eigenvalue weighted by Crippen LogP contribution is -2.34. The Labute approximate surface area is 169 Å². The van der Waals surface area contributed by atoms with Gasteiger partial charge in [-0.15, -0.1) is 0 Å². The zero-order valence-corrected chi connectivity index (χ0v) is 17.1. The quantitative estimate of drug-likeness (QED) is 0.588. The van der Waals surface area contributed by atoms with Gasteiger partial charge in [-0.3, -0.25) is 4.79 Å². The summed E-state index contributed by atoms with van der Waals surface area (Å²) in [6.07, 6.45) is 1.61. The fraction of sp³-hybridized carbons (Fsp3) is 0.368. The number of amides is 1. The molecule has 2 rings (SSSR count). The molecule has 0 saturated heterocycles. The van der Waals surface area contributed by atoms with E-state index in [0.29, 0.717) is 11.5 Å². The highest BCUT2D eigenvalue weighted by molar-refractivity contribution is 7.89. The zero-order chi connectivity index (χ0) is 21.3. The van der Waals surface area contributed by atoms with E-state index in [9.17, 15) is 13.2 Å². The summed E-state index contributed by atoms with van der Waals surface area (Å²) in [4.78, 5) is 13.9. The van der Waals surface area contributed by atoms with Crippen LogP contribution in [-0.4, -0.2) is 46.5 Å². The molecule has 2 aromatic rings. The van der Waals surface area contributed by atoms with Crippen molar-refractivity contribution in [1.29, 1.82) is 5.26 Å². The van der Waals surface area contributed by atoms with Crippen molar-refractivity contribution in [3.05, 3.63) is 42.4 Å². The highest BCUT2D eigenvalue weighted by atomic mass is 32.2. The Hall–Kier alpha value is -3.03. The second-order valence-electron chi connectivity index (χ2n) is 5.97. The molecule has 0 unspecified atom stereocenters. The van der Waals surface area contributed by atoms with E-state index in [4.69, 9.17) is 19.2 Å². The topological polar surface area (TPSA) is 122 Å². The summed E-state index contributed by atoms with van der Waals surface area (Å²) in [6, 6.07) is 9.66. The highest BCUT2D eigenvalue weighted by Gasteiger charge is 2.19. The van der Waals surface area contributed by atoms with E-state index in [1.807, 2.05) is 6.07 Å². The molecule has 1 amide bonds. The van der Waals surface area contributed by atoms with Crippen LogP contribution < -0.4 is 14.2 Å². The van der Waals surface area contributed by atoms with Crippen LogP contribution in [0.4, 0.5) is 0 Å². The van der Waals surface area contributed by atoms with Gasteiger partial charge in [0.1, 0.15) is 5.76 Å². The lowest BCUT2D eigenvalue weighted by atomic mass is 10.3. The number of carbonyl (C=O) groups is 1. The Bertz CT molecular complexity index is 951. The van der Waals surface area contributed by atoms with Crippen molar-refractivity contribution >= 4 is 15.9 Å². The highest BCUT2D eigenvalue weighted by Crippen LogP contribution is 2.29. The van der Waals surface area contributed by atoms with Crippen LogP contribution in [0.2, 0.25) is 0 Å². The van der Waals surface area contributed by atoms with Crippen LogP contribution in [0.25, 0.3) is 0 Å². The number of benzene rings is 1. The van der Waals surface area contributed by atoms with E-state index >= 15 is 0 Å². The van der Waals surface area contributed by atoms with Crippen LogP contribution >= 0.6 is 0 Å². The van der Waals surface area contributed by atoms with Crippen LogP contribution in [0.5, 0.6) is 11.5 Å². The number of nitriles is 1. The van der Waals surface area contributed by atoms with Gasteiger partial charge in [-0.25, -0.2) is 13.1 Å². The number of nitrogens with one attached hydrogen (secondary N) is 1. The summed E-state index contributed by atoms with van der Waals surface area (Å²) in [7, 11) is -0.966. The molecule has 1 N–H and O–H groups in total. The second-order valence-corrected chi connectivity index (χ2v) is 7.73. The summed E-state index contributed by atoms with van der Waals surface area (Å²) < 4.78 is 42.8. The monoisotopic (exact) mass is 421 g/mol. The Morgan fingerprint density at radius 3 is 2.62 bits per heavy atom. The van der Waals surface area contributed by atoms with Crippen molar-refractivity contribution in [3.63, 3.8) is 0 Å². The first kappa shape index (κ1) is 22.3. The molecule has 0 saturated carbocycles. The molecule has 29 heavy (non-hydrogen) atoms. The number of ether oxygens (including phenoxy) is 2. The number of carbonyl (C=O) groups excluding carboxylic acids is 1. The molecule has 0 bridgehead atoms. The van der Waals surface area contributed by atoms with Crippen LogP contribution in [0.3, 0.4) is 0 Å². The van der Waals surface area contributed by atoms with E-state index in [1.54, 1.807) is 12.1 Å². The first-order valence-electron chi connectivity index (χ1n) is 8.80. The minimum Gasteiger partial charge on any atom is -0.493 e. The van der Waals surface area contributed by atoms with Crippen molar-refractivity contribution < 1.29 is 27.1 Å². The lowest BCUT2D eigenvalue weighted by Gasteiger charge is -2.20. The Balaban J connectivity index is 1.98. The summed E-state index contributed by atoms with van der Waals surface area (Å²) in [5.41, 5.74) is 0. The number of nitrogens with zero attached hydrogens (tertiary/aromatic N) is 2. The van der Waals surface area contributed by atoms with Crippen molar-refractivity contribution in [2.45, 2.75) is 24.3 Å². The molecule has 0 aliphatic rings. The summed E-state index contributed by atoms with van der Waals surface area (Å²) in [5.74, 6) is 0.995. The molecule has 0 atom stereocenters. The van der Waals surface area contributed by atoms with Gasteiger partial charge in [-0.2, -0.15) is 5.26 Å². The van der Waals surface area contributed by atoms with Crippen LogP contribution in [0, 0.1) is 11.3 Å². The van der Waals surface area contributed by atoms with Crippen molar-refractivity contribution in [2.24, 2.45) is 0 Å². The van der Waals surface area contributed by atoms with Gasteiger partial charge >= 0.3 is 0 Å². The molecule has 156 valence electrons. The van der Waals surface area contributed by atoms with Gasteiger partial charge in [-0.1, -0.05) is 0 Å². The molecule has 1 heterocycles. The molecule has 0 aliphatic heterocycles. The molecule has 0 spiro atoms. The van der Waals surface area contributed by atoms with E-state index in [2.05, 4.69) is 4.72 Å². The third-order valence-electron chi connectivity index (χ3n) is 4.07. The van der Waals surface area contributed by atoms with Gasteiger partial charge in [-0.05, 0) is 24.3 Å². The van der Waals surface area contributed by atoms with Gasteiger partial charge in [0.05, 0.1) is 44.4 Å². The molecule has 0 radical (unpaired) electrons. The maximum absolute atomic E-state index is 12.5. The van der Waals surface area contributed by atoms with Gasteiger partial charge in [0.15, 0.2) is 11.5 Å². The van der Waals surface area contributed by atoms with Crippen LogP contribution in [-0.2, 0) is 21.4 Å². The smallest absolute Gasteiger partial charge is 0.240 e. The van der Waals surface area contributed by atoms with E-state index < -0.39 is 10.0 Å². The first-order chi connectivity index (χ1) is 13.9. The predicted molar refractivity (Wildman–Crippen MR) is 104 cm³/mol. The van der Waals surface area contributed by atoms with Gasteiger partial charge in [0.2, 0.25) is 15.9 Å². The molecule has 9 nitrogen and oxygen atoms in total. The molecule has 1 aromatic heterocycles. The minimum atomic E-state index is -3.83. The predicted octanol–water partition coefficient (Wildman–Crippen LogP) is 1.91. The molecular formula is C19H23N3O6S.